The first-order chi connectivity index (χ1) is 3.93. The standard InChI is InChI=1S/C5H5N3/c6-3-5-1-2-7-8-4-5/h1-4,6H. The molecule has 0 aliphatic rings. The van der Waals surface area contributed by atoms with Gasteiger partial charge in [0.25, 0.3) is 0 Å². The third kappa shape index (κ3) is 0.872. The highest BCUT2D eigenvalue weighted by molar-refractivity contribution is 5.75. The van der Waals surface area contributed by atoms with E-state index in [2.05, 4.69) is 10.2 Å². The smallest absolute Gasteiger partial charge is 0.0583 e. The lowest BCUT2D eigenvalue weighted by atomic mass is 10.3. The van der Waals surface area contributed by atoms with Crippen molar-refractivity contribution in [2.45, 2.75) is 0 Å². The molecule has 0 aliphatic carbocycles. The van der Waals surface area contributed by atoms with Crippen molar-refractivity contribution >= 4 is 6.21 Å². The van der Waals surface area contributed by atoms with E-state index >= 15 is 0 Å². The molecule has 0 unspecified atom stereocenters. The van der Waals surface area contributed by atoms with Crippen LogP contribution in [0.1, 0.15) is 5.56 Å². The van der Waals surface area contributed by atoms with Crippen LogP contribution in [0, 0.1) is 5.41 Å². The summed E-state index contributed by atoms with van der Waals surface area (Å²) in [5, 5.41) is 13.8. The van der Waals surface area contributed by atoms with E-state index < -0.39 is 0 Å². The van der Waals surface area contributed by atoms with Crippen molar-refractivity contribution in [1.82, 2.24) is 10.2 Å². The lowest BCUT2D eigenvalue weighted by Gasteiger charge is -1.82. The predicted octanol–water partition coefficient (Wildman–Crippen LogP) is 0.474. The molecule has 0 aliphatic heterocycles. The maximum atomic E-state index is 6.75. The van der Waals surface area contributed by atoms with Crippen molar-refractivity contribution in [3.8, 4) is 0 Å². The van der Waals surface area contributed by atoms with Gasteiger partial charge in [0.05, 0.1) is 12.4 Å². The average Bonchev–Trinajstić information content (AvgIpc) is 1.90. The fourth-order valence-corrected chi connectivity index (χ4v) is 0.386. The summed E-state index contributed by atoms with van der Waals surface area (Å²) in [6, 6.07) is 1.72. The molecule has 1 aromatic rings. The monoisotopic (exact) mass is 107 g/mol. The second-order valence-electron chi connectivity index (χ2n) is 1.32. The molecule has 0 spiro atoms. The first kappa shape index (κ1) is 4.90. The van der Waals surface area contributed by atoms with Crippen molar-refractivity contribution in [3.63, 3.8) is 0 Å². The Morgan fingerprint density at radius 1 is 1.50 bits per heavy atom. The van der Waals surface area contributed by atoms with Crippen molar-refractivity contribution in [2.24, 2.45) is 0 Å². The summed E-state index contributed by atoms with van der Waals surface area (Å²) < 4.78 is 0. The van der Waals surface area contributed by atoms with E-state index in [0.29, 0.717) is 0 Å². The van der Waals surface area contributed by atoms with E-state index in [1.807, 2.05) is 0 Å². The van der Waals surface area contributed by atoms with E-state index in [0.717, 1.165) is 5.56 Å². The molecule has 0 saturated carbocycles. The zero-order chi connectivity index (χ0) is 5.82. The summed E-state index contributed by atoms with van der Waals surface area (Å²) in [4.78, 5) is 0. The molecule has 1 N–H and O–H groups in total. The second-order valence-corrected chi connectivity index (χ2v) is 1.32. The Kier molecular flexibility index (Phi) is 1.32. The van der Waals surface area contributed by atoms with Crippen LogP contribution in [0.25, 0.3) is 0 Å². The molecular formula is C5H5N3. The summed E-state index contributed by atoms with van der Waals surface area (Å²) in [7, 11) is 0. The molecule has 0 radical (unpaired) electrons. The van der Waals surface area contributed by atoms with Crippen LogP contribution in [0.5, 0.6) is 0 Å². The predicted molar refractivity (Wildman–Crippen MR) is 29.9 cm³/mol. The zero-order valence-corrected chi connectivity index (χ0v) is 4.20. The lowest BCUT2D eigenvalue weighted by Crippen LogP contribution is -1.82. The third-order valence-corrected chi connectivity index (χ3v) is 0.774. The Labute approximate surface area is 46.9 Å². The molecule has 0 saturated heterocycles. The molecule has 1 rings (SSSR count). The van der Waals surface area contributed by atoms with Gasteiger partial charge in [-0.2, -0.15) is 10.2 Å². The highest BCUT2D eigenvalue weighted by atomic mass is 15.1. The SMILES string of the molecule is N=Cc1ccnnc1. The fourth-order valence-electron chi connectivity index (χ4n) is 0.386. The van der Waals surface area contributed by atoms with Gasteiger partial charge < -0.3 is 5.41 Å². The van der Waals surface area contributed by atoms with E-state index in [1.165, 1.54) is 12.4 Å². The van der Waals surface area contributed by atoms with Gasteiger partial charge >= 0.3 is 0 Å². The summed E-state index contributed by atoms with van der Waals surface area (Å²) in [6.07, 6.45) is 4.32. The van der Waals surface area contributed by atoms with E-state index in [9.17, 15) is 0 Å². The molecule has 0 amide bonds. The minimum absolute atomic E-state index is 0.778. The number of aromatic nitrogens is 2. The van der Waals surface area contributed by atoms with Gasteiger partial charge in [0.1, 0.15) is 0 Å². The summed E-state index contributed by atoms with van der Waals surface area (Å²) in [5.74, 6) is 0. The summed E-state index contributed by atoms with van der Waals surface area (Å²) in [6.45, 7) is 0. The largest absolute Gasteiger partial charge is 0.308 e. The number of rotatable bonds is 1. The highest BCUT2D eigenvalue weighted by Crippen LogP contribution is 1.84. The van der Waals surface area contributed by atoms with Crippen LogP contribution in [0.3, 0.4) is 0 Å². The Bertz CT molecular complexity index is 170. The van der Waals surface area contributed by atoms with Crippen LogP contribution in [-0.4, -0.2) is 16.4 Å². The molecule has 1 heterocycles. The molecule has 0 aromatic carbocycles. The average molecular weight is 107 g/mol. The summed E-state index contributed by atoms with van der Waals surface area (Å²) >= 11 is 0. The van der Waals surface area contributed by atoms with Crippen molar-refractivity contribution < 1.29 is 0 Å². The Morgan fingerprint density at radius 3 is 2.75 bits per heavy atom. The first-order valence-electron chi connectivity index (χ1n) is 2.20. The van der Waals surface area contributed by atoms with Gasteiger partial charge in [-0.1, -0.05) is 0 Å². The molecule has 3 nitrogen and oxygen atoms in total. The summed E-state index contributed by atoms with van der Waals surface area (Å²) in [5.41, 5.74) is 0.778. The maximum Gasteiger partial charge on any atom is 0.0583 e. The topological polar surface area (TPSA) is 49.6 Å². The van der Waals surface area contributed by atoms with Crippen LogP contribution >= 0.6 is 0 Å². The van der Waals surface area contributed by atoms with Crippen LogP contribution in [0.15, 0.2) is 18.5 Å². The molecule has 8 heavy (non-hydrogen) atoms. The Hall–Kier alpha value is -1.25. The third-order valence-electron chi connectivity index (χ3n) is 0.774. The fraction of sp³-hybridized carbons (Fsp3) is 0. The van der Waals surface area contributed by atoms with Gasteiger partial charge in [-0.25, -0.2) is 0 Å². The van der Waals surface area contributed by atoms with Crippen molar-refractivity contribution in [3.05, 3.63) is 24.0 Å². The first-order valence-corrected chi connectivity index (χ1v) is 2.20. The minimum Gasteiger partial charge on any atom is -0.308 e. The number of hydrogen-bond acceptors (Lipinski definition) is 3. The van der Waals surface area contributed by atoms with E-state index in [-0.39, 0.29) is 0 Å². The van der Waals surface area contributed by atoms with Gasteiger partial charge in [-0.05, 0) is 6.07 Å². The quantitative estimate of drug-likeness (QED) is 0.530. The maximum absolute atomic E-state index is 6.75. The van der Waals surface area contributed by atoms with Gasteiger partial charge in [0, 0.05) is 11.8 Å². The van der Waals surface area contributed by atoms with Gasteiger partial charge in [0.15, 0.2) is 0 Å². The molecule has 0 atom stereocenters. The van der Waals surface area contributed by atoms with Crippen molar-refractivity contribution in [2.75, 3.05) is 0 Å². The zero-order valence-electron chi connectivity index (χ0n) is 4.20. The van der Waals surface area contributed by atoms with Gasteiger partial charge in [0.2, 0.25) is 0 Å². The molecule has 40 valence electrons. The minimum atomic E-state index is 0.778. The van der Waals surface area contributed by atoms with E-state index in [4.69, 9.17) is 5.41 Å². The lowest BCUT2D eigenvalue weighted by molar-refractivity contribution is 1.03. The Balaban J connectivity index is 2.99. The van der Waals surface area contributed by atoms with Gasteiger partial charge in [-0.3, -0.25) is 0 Å². The van der Waals surface area contributed by atoms with Gasteiger partial charge in [-0.15, -0.1) is 0 Å². The molecule has 0 fully saturated rings. The van der Waals surface area contributed by atoms with Crippen LogP contribution in [0.4, 0.5) is 0 Å². The Morgan fingerprint density at radius 2 is 2.38 bits per heavy atom. The van der Waals surface area contributed by atoms with Crippen LogP contribution in [-0.2, 0) is 0 Å². The number of nitrogens with zero attached hydrogens (tertiary/aromatic N) is 2. The number of hydrogen-bond donors (Lipinski definition) is 1. The van der Waals surface area contributed by atoms with Crippen LogP contribution in [0.2, 0.25) is 0 Å². The van der Waals surface area contributed by atoms with E-state index in [1.54, 1.807) is 12.3 Å². The molecule has 0 bridgehead atoms. The molecule has 3 heteroatoms. The van der Waals surface area contributed by atoms with Crippen molar-refractivity contribution in [1.29, 1.82) is 5.41 Å². The van der Waals surface area contributed by atoms with Crippen LogP contribution < -0.4 is 0 Å². The molecular weight excluding hydrogens is 102 g/mol. The normalized spacial score (nSPS) is 8.50. The number of nitrogens with one attached hydrogen (secondary N) is 1. The molecule has 1 aromatic heterocycles. The second kappa shape index (κ2) is 2.16. The highest BCUT2D eigenvalue weighted by Gasteiger charge is 1.79.